The molecular weight excluding hydrogens is 241 g/mol. The number of rotatable bonds is 8. The van der Waals surface area contributed by atoms with E-state index in [0.29, 0.717) is 13.0 Å². The fraction of sp³-hybridized carbons (Fsp3) is 0.750. The van der Waals surface area contributed by atoms with Crippen LogP contribution in [0.4, 0.5) is 0 Å². The maximum Gasteiger partial charge on any atom is 0.320 e. The highest BCUT2D eigenvalue weighted by Gasteiger charge is 2.09. The number of carboxylic acids is 1. The van der Waals surface area contributed by atoms with Gasteiger partial charge in [0.1, 0.15) is 6.04 Å². The molecule has 92 valence electrons. The smallest absolute Gasteiger partial charge is 0.320 e. The predicted octanol–water partition coefficient (Wildman–Crippen LogP) is 0.651. The molecule has 0 bridgehead atoms. The average Bonchev–Trinajstić information content (AvgIpc) is 2.10. The van der Waals surface area contributed by atoms with E-state index in [4.69, 9.17) is 16.2 Å². The van der Waals surface area contributed by atoms with E-state index in [9.17, 15) is 4.79 Å². The highest BCUT2D eigenvalue weighted by Crippen LogP contribution is 1.97. The summed E-state index contributed by atoms with van der Waals surface area (Å²) in [5.74, 6) is -0.938. The Kier molecular flexibility index (Phi) is 18.3. The lowest BCUT2D eigenvalue weighted by Gasteiger charge is -2.05. The molecule has 0 saturated heterocycles. The lowest BCUT2D eigenvalue weighted by atomic mass is 10.1. The van der Waals surface area contributed by atoms with Crippen LogP contribution in [0.3, 0.4) is 0 Å². The molecule has 0 saturated carbocycles. The van der Waals surface area contributed by atoms with Crippen molar-refractivity contribution in [2.24, 2.45) is 5.73 Å². The zero-order valence-corrected chi connectivity index (χ0v) is 10.1. The first kappa shape index (κ1) is 20.1. The highest BCUT2D eigenvalue weighted by atomic mass is 35.5. The average molecular weight is 260 g/mol. The Bertz CT molecular complexity index is 170. The Hall–Kier alpha value is -0.360. The number of carboxylic acid groups (broad SMARTS) is 1. The third-order valence-electron chi connectivity index (χ3n) is 1.68. The molecule has 7 heteroatoms. The number of hydrogen-bond acceptors (Lipinski definition) is 4. The van der Waals surface area contributed by atoms with Gasteiger partial charge in [0.2, 0.25) is 0 Å². The second-order valence-electron chi connectivity index (χ2n) is 2.85. The molecule has 0 aliphatic rings. The molecule has 5 N–H and O–H groups in total. The lowest BCUT2D eigenvalue weighted by molar-refractivity contribution is -0.138. The van der Waals surface area contributed by atoms with Crippen LogP contribution in [0.5, 0.6) is 0 Å². The summed E-state index contributed by atoms with van der Waals surface area (Å²) in [6.45, 7) is 1.38. The summed E-state index contributed by atoms with van der Waals surface area (Å²) in [6.07, 6.45) is 3.51. The fourth-order valence-corrected chi connectivity index (χ4v) is 0.912. The molecule has 0 aliphatic heterocycles. The van der Waals surface area contributed by atoms with Gasteiger partial charge in [0.05, 0.1) is 0 Å². The summed E-state index contributed by atoms with van der Waals surface area (Å²) in [5, 5.41) is 18.2. The van der Waals surface area contributed by atoms with Crippen LogP contribution in [-0.2, 0) is 4.79 Å². The lowest BCUT2D eigenvalue weighted by Crippen LogP contribution is -2.30. The summed E-state index contributed by atoms with van der Waals surface area (Å²) in [4.78, 5) is 10.3. The van der Waals surface area contributed by atoms with Crippen LogP contribution in [0.2, 0.25) is 0 Å². The monoisotopic (exact) mass is 259 g/mol. The fourth-order valence-electron chi connectivity index (χ4n) is 0.912. The molecule has 5 nitrogen and oxygen atoms in total. The highest BCUT2D eigenvalue weighted by molar-refractivity contribution is 5.85. The van der Waals surface area contributed by atoms with Gasteiger partial charge in [0.25, 0.3) is 0 Å². The van der Waals surface area contributed by atoms with E-state index < -0.39 is 12.0 Å². The van der Waals surface area contributed by atoms with Crippen molar-refractivity contribution in [3.8, 4) is 0 Å². The Morgan fingerprint density at radius 1 is 1.47 bits per heavy atom. The van der Waals surface area contributed by atoms with E-state index in [0.717, 1.165) is 19.4 Å². The summed E-state index contributed by atoms with van der Waals surface area (Å²) in [7, 11) is 0. The number of carbonyl (C=O) groups is 1. The molecule has 0 radical (unpaired) electrons. The van der Waals surface area contributed by atoms with Crippen LogP contribution >= 0.6 is 24.8 Å². The number of aliphatic carboxylic acids is 1. The van der Waals surface area contributed by atoms with Crippen molar-refractivity contribution in [3.63, 3.8) is 0 Å². The van der Waals surface area contributed by atoms with Crippen LogP contribution in [0.25, 0.3) is 0 Å². The van der Waals surface area contributed by atoms with Gasteiger partial charge >= 0.3 is 5.97 Å². The van der Waals surface area contributed by atoms with Crippen LogP contribution < -0.4 is 11.1 Å². The molecule has 0 fully saturated rings. The van der Waals surface area contributed by atoms with E-state index in [1.165, 1.54) is 6.21 Å². The van der Waals surface area contributed by atoms with Gasteiger partial charge in [-0.05, 0) is 19.4 Å². The first-order valence-corrected chi connectivity index (χ1v) is 4.36. The van der Waals surface area contributed by atoms with Crippen LogP contribution in [0, 0.1) is 5.41 Å². The molecule has 15 heavy (non-hydrogen) atoms. The molecule has 0 aromatic carbocycles. The minimum atomic E-state index is -0.938. The standard InChI is InChI=1S/C8H17N3O2.2ClH/c9-4-6-11-5-2-1-3-7(10)8(12)13;;/h4,7,9,11H,1-3,5-6,10H2,(H,12,13);2*1H. The van der Waals surface area contributed by atoms with E-state index >= 15 is 0 Å². The van der Waals surface area contributed by atoms with E-state index in [1.54, 1.807) is 0 Å². The van der Waals surface area contributed by atoms with Crippen LogP contribution in [-0.4, -0.2) is 36.4 Å². The van der Waals surface area contributed by atoms with Crippen molar-refractivity contribution in [2.45, 2.75) is 25.3 Å². The summed E-state index contributed by atoms with van der Waals surface area (Å²) >= 11 is 0. The Morgan fingerprint density at radius 3 is 2.53 bits per heavy atom. The van der Waals surface area contributed by atoms with Crippen molar-refractivity contribution < 1.29 is 9.90 Å². The van der Waals surface area contributed by atoms with Gasteiger partial charge in [-0.15, -0.1) is 24.8 Å². The first-order valence-electron chi connectivity index (χ1n) is 4.36. The largest absolute Gasteiger partial charge is 0.480 e. The van der Waals surface area contributed by atoms with Crippen molar-refractivity contribution >= 4 is 37.0 Å². The van der Waals surface area contributed by atoms with Gasteiger partial charge in [-0.25, -0.2) is 0 Å². The number of nitrogens with two attached hydrogens (primary N) is 1. The maximum absolute atomic E-state index is 10.3. The molecule has 1 unspecified atom stereocenters. The molecule has 0 amide bonds. The Morgan fingerprint density at radius 2 is 2.07 bits per heavy atom. The van der Waals surface area contributed by atoms with Crippen molar-refractivity contribution in [3.05, 3.63) is 0 Å². The van der Waals surface area contributed by atoms with Gasteiger partial charge in [0.15, 0.2) is 0 Å². The third-order valence-corrected chi connectivity index (χ3v) is 1.68. The first-order chi connectivity index (χ1) is 6.18. The molecule has 0 aliphatic carbocycles. The minimum absolute atomic E-state index is 0. The van der Waals surface area contributed by atoms with Crippen molar-refractivity contribution in [2.75, 3.05) is 13.1 Å². The van der Waals surface area contributed by atoms with Gasteiger partial charge in [0, 0.05) is 12.8 Å². The quantitative estimate of drug-likeness (QED) is 0.380. The number of halogens is 2. The topological polar surface area (TPSA) is 99.2 Å². The number of nitrogens with one attached hydrogen (secondary N) is 2. The summed E-state index contributed by atoms with van der Waals surface area (Å²) < 4.78 is 0. The molecule has 0 aromatic rings. The predicted molar refractivity (Wildman–Crippen MR) is 65.6 cm³/mol. The van der Waals surface area contributed by atoms with Crippen LogP contribution in [0.1, 0.15) is 19.3 Å². The molecule has 0 heterocycles. The summed E-state index contributed by atoms with van der Waals surface area (Å²) in [5.41, 5.74) is 5.30. The molecule has 0 aromatic heterocycles. The van der Waals surface area contributed by atoms with Gasteiger partial charge in [-0.3, -0.25) is 4.79 Å². The van der Waals surface area contributed by atoms with Crippen molar-refractivity contribution in [1.29, 1.82) is 5.41 Å². The van der Waals surface area contributed by atoms with Crippen LogP contribution in [0.15, 0.2) is 0 Å². The number of unbranched alkanes of at least 4 members (excludes halogenated alkanes) is 1. The SMILES string of the molecule is Cl.Cl.N=CCNCCCCC(N)C(=O)O. The second-order valence-corrected chi connectivity index (χ2v) is 2.85. The Labute approximate surface area is 102 Å². The third kappa shape index (κ3) is 13.6. The molecular formula is C8H19Cl2N3O2. The number of hydrogen-bond donors (Lipinski definition) is 4. The zero-order valence-electron chi connectivity index (χ0n) is 8.44. The molecule has 1 atom stereocenters. The van der Waals surface area contributed by atoms with E-state index in [2.05, 4.69) is 5.32 Å². The second kappa shape index (κ2) is 13.6. The van der Waals surface area contributed by atoms with Crippen molar-refractivity contribution in [1.82, 2.24) is 5.32 Å². The van der Waals surface area contributed by atoms with Gasteiger partial charge in [-0.2, -0.15) is 0 Å². The minimum Gasteiger partial charge on any atom is -0.480 e. The molecule has 0 rings (SSSR count). The van der Waals surface area contributed by atoms with E-state index in [-0.39, 0.29) is 24.8 Å². The van der Waals surface area contributed by atoms with Gasteiger partial charge < -0.3 is 21.6 Å². The zero-order chi connectivity index (χ0) is 10.1. The molecule has 0 spiro atoms. The summed E-state index contributed by atoms with van der Waals surface area (Å²) in [6, 6.07) is -0.734. The van der Waals surface area contributed by atoms with Gasteiger partial charge in [-0.1, -0.05) is 6.42 Å². The van der Waals surface area contributed by atoms with E-state index in [1.807, 2.05) is 0 Å². The maximum atomic E-state index is 10.3. The normalized spacial score (nSPS) is 10.7. The Balaban J connectivity index is -0.000000720.